The number of rotatable bonds is 13. The molecule has 2 aliphatic rings. The summed E-state index contributed by atoms with van der Waals surface area (Å²) in [6, 6.07) is 7.06. The minimum absolute atomic E-state index is 0.0541. The van der Waals surface area contributed by atoms with Crippen molar-refractivity contribution in [2.45, 2.75) is 61.4 Å². The summed E-state index contributed by atoms with van der Waals surface area (Å²) in [5, 5.41) is 82.2. The highest BCUT2D eigenvalue weighted by molar-refractivity contribution is 5.88. The molecule has 2 fully saturated rings. The molecule has 10 atom stereocenters. The zero-order valence-electron chi connectivity index (χ0n) is 27.5. The van der Waals surface area contributed by atoms with Gasteiger partial charge in [-0.15, -0.1) is 0 Å². The molecule has 0 radical (unpaired) electrons. The van der Waals surface area contributed by atoms with E-state index < -0.39 is 86.6 Å². The average molecular weight is 725 g/mol. The third kappa shape index (κ3) is 9.44. The molecule has 2 saturated heterocycles. The van der Waals surface area contributed by atoms with Crippen LogP contribution in [0.2, 0.25) is 0 Å². The lowest BCUT2D eigenvalue weighted by Crippen LogP contribution is -2.62. The standard InChI is InChI=1S/C33H40O18/c1-44-18-10-15(4-7-17(18)35)5-8-24(37)51-32-30(43)28(41)27(40)22(49-32)14-47-33-31(29(42)26(39)21(13-34)48-33)50-23(36)9-6-16-11-19(45-2)25(38)20(12-16)46-3/h4-12,21-22,26-35,38-43H,13-14H2,1-3H3/t21-,22-,26-,27-,28+,29+,30-,31-,32+,33-/m1/s1. The lowest BCUT2D eigenvalue weighted by atomic mass is 9.98. The van der Waals surface area contributed by atoms with Crippen molar-refractivity contribution in [1.82, 2.24) is 0 Å². The molecule has 2 aromatic rings. The summed E-state index contributed by atoms with van der Waals surface area (Å²) in [5.41, 5.74) is 0.795. The fourth-order valence-corrected chi connectivity index (χ4v) is 5.12. The Bertz CT molecular complexity index is 1540. The van der Waals surface area contributed by atoms with E-state index in [9.17, 15) is 50.4 Å². The molecule has 0 aliphatic carbocycles. The van der Waals surface area contributed by atoms with Gasteiger partial charge in [-0.3, -0.25) is 0 Å². The number of aromatic hydroxyl groups is 2. The number of aliphatic hydroxyl groups is 6. The van der Waals surface area contributed by atoms with Gasteiger partial charge in [0.05, 0.1) is 34.5 Å². The maximum atomic E-state index is 12.8. The molecular weight excluding hydrogens is 684 g/mol. The summed E-state index contributed by atoms with van der Waals surface area (Å²) in [4.78, 5) is 25.3. The Hall–Kier alpha value is -4.50. The fourth-order valence-electron chi connectivity index (χ4n) is 5.12. The summed E-state index contributed by atoms with van der Waals surface area (Å²) in [6.07, 6.45) is -12.7. The van der Waals surface area contributed by atoms with E-state index in [1.165, 1.54) is 63.8 Å². The predicted molar refractivity (Wildman–Crippen MR) is 170 cm³/mol. The zero-order chi connectivity index (χ0) is 37.4. The number of hydrogen-bond acceptors (Lipinski definition) is 18. The van der Waals surface area contributed by atoms with Gasteiger partial charge >= 0.3 is 11.9 Å². The van der Waals surface area contributed by atoms with E-state index in [1.54, 1.807) is 0 Å². The lowest BCUT2D eigenvalue weighted by molar-refractivity contribution is -0.327. The number of hydrogen-bond donors (Lipinski definition) is 8. The van der Waals surface area contributed by atoms with E-state index in [0.717, 1.165) is 12.2 Å². The summed E-state index contributed by atoms with van der Waals surface area (Å²) < 4.78 is 42.3. The Morgan fingerprint density at radius 2 is 1.24 bits per heavy atom. The topological polar surface area (TPSA) is 270 Å². The second-order valence-electron chi connectivity index (χ2n) is 11.3. The summed E-state index contributed by atoms with van der Waals surface area (Å²) in [5.74, 6) is -2.20. The number of aliphatic hydroxyl groups excluding tert-OH is 6. The fraction of sp³-hybridized carbons (Fsp3) is 0.455. The number of carbonyl (C=O) groups excluding carboxylic acids is 2. The second kappa shape index (κ2) is 17.6. The number of esters is 2. The zero-order valence-corrected chi connectivity index (χ0v) is 27.5. The molecule has 4 rings (SSSR count). The van der Waals surface area contributed by atoms with Crippen LogP contribution in [0.25, 0.3) is 12.2 Å². The van der Waals surface area contributed by atoms with Gasteiger partial charge in [-0.05, 0) is 47.5 Å². The van der Waals surface area contributed by atoms with E-state index in [0.29, 0.717) is 11.1 Å². The van der Waals surface area contributed by atoms with E-state index in [4.69, 9.17) is 37.9 Å². The smallest absolute Gasteiger partial charge is 0.333 e. The van der Waals surface area contributed by atoms with Crippen molar-refractivity contribution in [3.05, 3.63) is 53.6 Å². The third-order valence-electron chi connectivity index (χ3n) is 7.93. The number of phenols is 2. The summed E-state index contributed by atoms with van der Waals surface area (Å²) >= 11 is 0. The number of phenolic OH excluding ortho intramolecular Hbond substituents is 2. The van der Waals surface area contributed by atoms with Crippen LogP contribution < -0.4 is 14.2 Å². The molecule has 8 N–H and O–H groups in total. The van der Waals surface area contributed by atoms with Gasteiger partial charge in [-0.1, -0.05) is 6.07 Å². The van der Waals surface area contributed by atoms with E-state index >= 15 is 0 Å². The van der Waals surface area contributed by atoms with Gasteiger partial charge in [0.2, 0.25) is 12.0 Å². The van der Waals surface area contributed by atoms with Crippen molar-refractivity contribution >= 4 is 24.1 Å². The average Bonchev–Trinajstić information content (AvgIpc) is 3.12. The molecule has 2 aliphatic heterocycles. The van der Waals surface area contributed by atoms with E-state index in [2.05, 4.69) is 0 Å². The number of ether oxygens (including phenoxy) is 8. The Labute approximate surface area is 290 Å². The first-order valence-corrected chi connectivity index (χ1v) is 15.3. The Balaban J connectivity index is 1.44. The molecule has 0 spiro atoms. The molecule has 51 heavy (non-hydrogen) atoms. The number of carbonyl (C=O) groups is 2. The number of benzene rings is 2. The first-order valence-electron chi connectivity index (χ1n) is 15.3. The van der Waals surface area contributed by atoms with Crippen LogP contribution in [-0.2, 0) is 33.3 Å². The van der Waals surface area contributed by atoms with E-state index in [-0.39, 0.29) is 28.7 Å². The Morgan fingerprint density at radius 1 is 0.686 bits per heavy atom. The molecule has 0 saturated carbocycles. The molecule has 18 heteroatoms. The van der Waals surface area contributed by atoms with Crippen molar-refractivity contribution in [3.63, 3.8) is 0 Å². The van der Waals surface area contributed by atoms with Gasteiger partial charge in [-0.25, -0.2) is 9.59 Å². The molecule has 2 aromatic carbocycles. The monoisotopic (exact) mass is 724 g/mol. The number of methoxy groups -OCH3 is 3. The van der Waals surface area contributed by atoms with Crippen LogP contribution in [0.5, 0.6) is 28.7 Å². The minimum atomic E-state index is -1.89. The van der Waals surface area contributed by atoms with Crippen molar-refractivity contribution in [1.29, 1.82) is 0 Å². The first kappa shape index (κ1) is 39.3. The molecular formula is C33H40O18. The molecule has 0 amide bonds. The SMILES string of the molecule is COc1cc(C=CC(=O)O[C@@H]2O[C@H](CO[C@@H]3O[C@H](CO)[C@@H](O)[C@H](O)[C@H]3OC(=O)C=Cc3cc(OC)c(O)c(OC)c3)[C@@H](O)[C@H](O)[C@H]2O)ccc1O. The van der Waals surface area contributed by atoms with Crippen molar-refractivity contribution < 1.29 is 88.3 Å². The van der Waals surface area contributed by atoms with Gasteiger partial charge in [0.25, 0.3) is 0 Å². The van der Waals surface area contributed by atoms with Gasteiger partial charge in [0.1, 0.15) is 42.7 Å². The van der Waals surface area contributed by atoms with Gasteiger partial charge < -0.3 is 78.7 Å². The van der Waals surface area contributed by atoms with Gasteiger partial charge in [0.15, 0.2) is 35.4 Å². The highest BCUT2D eigenvalue weighted by Gasteiger charge is 2.49. The largest absolute Gasteiger partial charge is 0.504 e. The third-order valence-corrected chi connectivity index (χ3v) is 7.93. The van der Waals surface area contributed by atoms with Crippen LogP contribution in [0, 0.1) is 0 Å². The van der Waals surface area contributed by atoms with Crippen LogP contribution in [0.1, 0.15) is 11.1 Å². The van der Waals surface area contributed by atoms with Crippen molar-refractivity contribution in [2.24, 2.45) is 0 Å². The van der Waals surface area contributed by atoms with Crippen LogP contribution in [0.4, 0.5) is 0 Å². The normalized spacial score (nSPS) is 29.5. The van der Waals surface area contributed by atoms with Crippen LogP contribution >= 0.6 is 0 Å². The van der Waals surface area contributed by atoms with Crippen LogP contribution in [0.15, 0.2) is 42.5 Å². The highest BCUT2D eigenvalue weighted by atomic mass is 16.7. The highest BCUT2D eigenvalue weighted by Crippen LogP contribution is 2.37. The molecule has 18 nitrogen and oxygen atoms in total. The lowest BCUT2D eigenvalue weighted by Gasteiger charge is -2.43. The van der Waals surface area contributed by atoms with Crippen LogP contribution in [0.3, 0.4) is 0 Å². The summed E-state index contributed by atoms with van der Waals surface area (Å²) in [6.45, 7) is -1.45. The van der Waals surface area contributed by atoms with Gasteiger partial charge in [0, 0.05) is 12.2 Å². The second-order valence-corrected chi connectivity index (χ2v) is 11.3. The molecule has 0 unspecified atom stereocenters. The maximum Gasteiger partial charge on any atom is 0.333 e. The first-order chi connectivity index (χ1) is 24.3. The van der Waals surface area contributed by atoms with Crippen molar-refractivity contribution in [2.75, 3.05) is 34.5 Å². The molecule has 280 valence electrons. The molecule has 2 heterocycles. The Morgan fingerprint density at radius 3 is 1.84 bits per heavy atom. The van der Waals surface area contributed by atoms with Gasteiger partial charge in [-0.2, -0.15) is 0 Å². The minimum Gasteiger partial charge on any atom is -0.504 e. The predicted octanol–water partition coefficient (Wildman–Crippen LogP) is -1.43. The Kier molecular flexibility index (Phi) is 13.6. The maximum absolute atomic E-state index is 12.8. The summed E-state index contributed by atoms with van der Waals surface area (Å²) in [7, 11) is 3.97. The molecule has 0 bridgehead atoms. The quantitative estimate of drug-likeness (QED) is 0.0869. The van der Waals surface area contributed by atoms with Crippen molar-refractivity contribution in [3.8, 4) is 28.7 Å². The van der Waals surface area contributed by atoms with Crippen LogP contribution in [-0.4, -0.2) is 149 Å². The van der Waals surface area contributed by atoms with E-state index in [1.807, 2.05) is 0 Å². The molecule has 0 aromatic heterocycles.